The molecule has 23 heavy (non-hydrogen) atoms. The van der Waals surface area contributed by atoms with Gasteiger partial charge in [0.05, 0.1) is 0 Å². The van der Waals surface area contributed by atoms with Crippen LogP contribution in [0.15, 0.2) is 24.3 Å². The summed E-state index contributed by atoms with van der Waals surface area (Å²) in [6.45, 7) is 0. The molecule has 0 bridgehead atoms. The monoisotopic (exact) mass is 351 g/mol. The Morgan fingerprint density at radius 3 is 2.39 bits per heavy atom. The molecule has 0 aliphatic heterocycles. The molecule has 3 nitrogen and oxygen atoms in total. The van der Waals surface area contributed by atoms with E-state index in [9.17, 15) is 22.4 Å². The molecule has 128 valence electrons. The van der Waals surface area contributed by atoms with Crippen LogP contribution in [-0.2, 0) is 4.79 Å². The molecule has 1 aliphatic carbocycles. The van der Waals surface area contributed by atoms with E-state index in [4.69, 9.17) is 5.11 Å². The van der Waals surface area contributed by atoms with Gasteiger partial charge in [0.25, 0.3) is 0 Å². The predicted molar refractivity (Wildman–Crippen MR) is 79.8 cm³/mol. The van der Waals surface area contributed by atoms with Crippen LogP contribution in [0.3, 0.4) is 0 Å². The number of nitrogens with one attached hydrogen (secondary N) is 1. The summed E-state index contributed by atoms with van der Waals surface area (Å²) in [5.74, 6) is -0.600. The largest absolute Gasteiger partial charge is 0.480 e. The summed E-state index contributed by atoms with van der Waals surface area (Å²) in [6.07, 6.45) is -2.48. The molecule has 2 rings (SSSR count). The first-order chi connectivity index (χ1) is 10.8. The fourth-order valence-corrected chi connectivity index (χ4v) is 3.34. The Bertz CT molecular complexity index is 531. The summed E-state index contributed by atoms with van der Waals surface area (Å²) in [5, 5.41) is 11.3. The molecule has 0 radical (unpaired) electrons. The van der Waals surface area contributed by atoms with E-state index in [1.54, 1.807) is 0 Å². The topological polar surface area (TPSA) is 49.3 Å². The molecule has 8 heteroatoms. The molecule has 1 aromatic rings. The second-order valence-electron chi connectivity index (χ2n) is 5.56. The van der Waals surface area contributed by atoms with Crippen molar-refractivity contribution in [3.63, 3.8) is 0 Å². The first kappa shape index (κ1) is 18.1. The SMILES string of the molecule is O=C(O)[C@H](CSCC1CC1)N[C@H](c1ccc(F)cc1)C(F)(F)F. The van der Waals surface area contributed by atoms with E-state index in [0.717, 1.165) is 42.9 Å². The Hall–Kier alpha value is -1.28. The number of carboxylic acid groups (broad SMARTS) is 1. The maximum Gasteiger partial charge on any atom is 0.407 e. The number of hydrogen-bond donors (Lipinski definition) is 2. The lowest BCUT2D eigenvalue weighted by atomic mass is 10.1. The molecule has 0 spiro atoms. The highest BCUT2D eigenvalue weighted by Crippen LogP contribution is 2.35. The minimum Gasteiger partial charge on any atom is -0.480 e. The molecule has 2 N–H and O–H groups in total. The van der Waals surface area contributed by atoms with E-state index in [1.807, 2.05) is 0 Å². The lowest BCUT2D eigenvalue weighted by molar-refractivity contribution is -0.162. The summed E-state index contributed by atoms with van der Waals surface area (Å²) in [7, 11) is 0. The van der Waals surface area contributed by atoms with Crippen LogP contribution < -0.4 is 5.32 Å². The first-order valence-corrected chi connectivity index (χ1v) is 8.31. The molecular formula is C15H17F4NO2S. The average Bonchev–Trinajstić information content (AvgIpc) is 3.26. The van der Waals surface area contributed by atoms with E-state index < -0.39 is 30.0 Å². The predicted octanol–water partition coefficient (Wildman–Crippen LogP) is 3.62. The van der Waals surface area contributed by atoms with Crippen LogP contribution in [0, 0.1) is 11.7 Å². The van der Waals surface area contributed by atoms with Crippen LogP contribution in [0.2, 0.25) is 0 Å². The van der Waals surface area contributed by atoms with Crippen LogP contribution in [-0.4, -0.2) is 34.8 Å². The number of carboxylic acids is 1. The highest BCUT2D eigenvalue weighted by Gasteiger charge is 2.42. The maximum atomic E-state index is 13.2. The summed E-state index contributed by atoms with van der Waals surface area (Å²) < 4.78 is 52.6. The quantitative estimate of drug-likeness (QED) is 0.703. The summed E-state index contributed by atoms with van der Waals surface area (Å²) in [4.78, 5) is 11.2. The third kappa shape index (κ3) is 5.69. The third-order valence-electron chi connectivity index (χ3n) is 3.53. The summed E-state index contributed by atoms with van der Waals surface area (Å²) in [6, 6.07) is 0.398. The minimum atomic E-state index is -4.67. The van der Waals surface area contributed by atoms with Crippen molar-refractivity contribution in [2.45, 2.75) is 31.1 Å². The van der Waals surface area contributed by atoms with Gasteiger partial charge in [-0.1, -0.05) is 12.1 Å². The Morgan fingerprint density at radius 2 is 1.91 bits per heavy atom. The molecule has 1 saturated carbocycles. The van der Waals surface area contributed by atoms with Gasteiger partial charge in [0.2, 0.25) is 0 Å². The molecule has 0 amide bonds. The zero-order chi connectivity index (χ0) is 17.0. The van der Waals surface area contributed by atoms with Crippen LogP contribution in [0.1, 0.15) is 24.4 Å². The highest BCUT2D eigenvalue weighted by atomic mass is 32.2. The summed E-state index contributed by atoms with van der Waals surface area (Å²) >= 11 is 1.34. The molecular weight excluding hydrogens is 334 g/mol. The van der Waals surface area contributed by atoms with Crippen molar-refractivity contribution in [2.75, 3.05) is 11.5 Å². The number of thioether (sulfide) groups is 1. The van der Waals surface area contributed by atoms with Gasteiger partial charge < -0.3 is 5.11 Å². The van der Waals surface area contributed by atoms with Crippen molar-refractivity contribution in [2.24, 2.45) is 5.92 Å². The number of benzene rings is 1. The van der Waals surface area contributed by atoms with Crippen molar-refractivity contribution < 1.29 is 27.5 Å². The van der Waals surface area contributed by atoms with E-state index in [2.05, 4.69) is 5.32 Å². The van der Waals surface area contributed by atoms with Crippen molar-refractivity contribution >= 4 is 17.7 Å². The molecule has 0 saturated heterocycles. The Morgan fingerprint density at radius 1 is 1.30 bits per heavy atom. The number of alkyl halides is 3. The minimum absolute atomic E-state index is 0.0552. The maximum absolute atomic E-state index is 13.2. The Kier molecular flexibility index (Phi) is 5.91. The fraction of sp³-hybridized carbons (Fsp3) is 0.533. The number of carbonyl (C=O) groups is 1. The van der Waals surface area contributed by atoms with E-state index in [0.29, 0.717) is 5.92 Å². The molecule has 0 heterocycles. The first-order valence-electron chi connectivity index (χ1n) is 7.16. The molecule has 0 aromatic heterocycles. The lowest BCUT2D eigenvalue weighted by Gasteiger charge is -2.25. The second-order valence-corrected chi connectivity index (χ2v) is 6.64. The number of hydrogen-bond acceptors (Lipinski definition) is 3. The molecule has 1 fully saturated rings. The second kappa shape index (κ2) is 7.53. The van der Waals surface area contributed by atoms with Crippen molar-refractivity contribution in [1.29, 1.82) is 0 Å². The van der Waals surface area contributed by atoms with Gasteiger partial charge in [-0.2, -0.15) is 24.9 Å². The zero-order valence-corrected chi connectivity index (χ0v) is 13.0. The van der Waals surface area contributed by atoms with Gasteiger partial charge >= 0.3 is 12.1 Å². The van der Waals surface area contributed by atoms with Gasteiger partial charge in [-0.05, 0) is 42.2 Å². The van der Waals surface area contributed by atoms with Crippen molar-refractivity contribution in [3.05, 3.63) is 35.6 Å². The molecule has 2 atom stereocenters. The van der Waals surface area contributed by atoms with E-state index >= 15 is 0 Å². The van der Waals surface area contributed by atoms with Gasteiger partial charge in [-0.15, -0.1) is 0 Å². The lowest BCUT2D eigenvalue weighted by Crippen LogP contribution is -2.46. The van der Waals surface area contributed by atoms with Gasteiger partial charge in [0.15, 0.2) is 0 Å². The Balaban J connectivity index is 2.06. The zero-order valence-electron chi connectivity index (χ0n) is 12.1. The highest BCUT2D eigenvalue weighted by molar-refractivity contribution is 7.99. The fourth-order valence-electron chi connectivity index (χ4n) is 2.06. The normalized spacial score (nSPS) is 17.7. The molecule has 0 unspecified atom stereocenters. The standard InChI is InChI=1S/C15H17F4NO2S/c16-11-5-3-10(4-6-11)13(15(17,18)19)20-12(14(21)22)8-23-7-9-1-2-9/h3-6,9,12-13,20H,1-2,7-8H2,(H,21,22)/t12-,13+/m0/s1. The van der Waals surface area contributed by atoms with Crippen LogP contribution in [0.5, 0.6) is 0 Å². The Labute approximate surface area is 135 Å². The van der Waals surface area contributed by atoms with Crippen molar-refractivity contribution in [3.8, 4) is 0 Å². The van der Waals surface area contributed by atoms with Gasteiger partial charge in [-0.25, -0.2) is 4.39 Å². The van der Waals surface area contributed by atoms with E-state index in [-0.39, 0.29) is 11.3 Å². The van der Waals surface area contributed by atoms with Gasteiger partial charge in [0.1, 0.15) is 17.9 Å². The molecule has 1 aliphatic rings. The summed E-state index contributed by atoms with van der Waals surface area (Å²) in [5.41, 5.74) is -0.211. The average molecular weight is 351 g/mol. The molecule has 1 aromatic carbocycles. The van der Waals surface area contributed by atoms with Gasteiger partial charge in [0, 0.05) is 5.75 Å². The third-order valence-corrected chi connectivity index (χ3v) is 4.81. The van der Waals surface area contributed by atoms with E-state index in [1.165, 1.54) is 11.8 Å². The van der Waals surface area contributed by atoms with Crippen LogP contribution in [0.25, 0.3) is 0 Å². The number of halogens is 4. The van der Waals surface area contributed by atoms with Gasteiger partial charge in [-0.3, -0.25) is 10.1 Å². The van der Waals surface area contributed by atoms with Crippen molar-refractivity contribution in [1.82, 2.24) is 5.32 Å². The van der Waals surface area contributed by atoms with Crippen LogP contribution in [0.4, 0.5) is 17.6 Å². The number of rotatable bonds is 8. The smallest absolute Gasteiger partial charge is 0.407 e. The number of aliphatic carboxylic acids is 1. The van der Waals surface area contributed by atoms with Crippen LogP contribution >= 0.6 is 11.8 Å².